The molecule has 1 aliphatic rings. The Morgan fingerprint density at radius 3 is 2.67 bits per heavy atom. The van der Waals surface area contributed by atoms with Crippen molar-refractivity contribution in [2.75, 3.05) is 19.6 Å². The Balaban J connectivity index is 1.68. The van der Waals surface area contributed by atoms with Gasteiger partial charge in [0.05, 0.1) is 5.01 Å². The van der Waals surface area contributed by atoms with Gasteiger partial charge < -0.3 is 10.6 Å². The molecule has 3 rings (SSSR count). The van der Waals surface area contributed by atoms with E-state index in [0.717, 1.165) is 31.2 Å². The summed E-state index contributed by atoms with van der Waals surface area (Å²) >= 11 is 1.78. The molecular weight excluding hydrogens is 278 g/mol. The summed E-state index contributed by atoms with van der Waals surface area (Å²) < 4.78 is 0. The van der Waals surface area contributed by atoms with Crippen molar-refractivity contribution in [2.24, 2.45) is 0 Å². The minimum absolute atomic E-state index is 0.270. The standard InChI is InChI=1S/C17H23N3S/c1-14-20-12-16(21-14)11-19-13-17(7-9-18-10-8-17)15-5-3-2-4-6-15/h2-6,12,18-19H,7-11,13H2,1H3. The summed E-state index contributed by atoms with van der Waals surface area (Å²) in [5.41, 5.74) is 1.74. The van der Waals surface area contributed by atoms with Crippen molar-refractivity contribution in [1.29, 1.82) is 0 Å². The highest BCUT2D eigenvalue weighted by molar-refractivity contribution is 7.11. The normalized spacial score (nSPS) is 17.8. The van der Waals surface area contributed by atoms with Crippen LogP contribution in [0.1, 0.15) is 28.3 Å². The first-order valence-corrected chi connectivity index (χ1v) is 8.48. The van der Waals surface area contributed by atoms with Crippen LogP contribution in [0.15, 0.2) is 36.5 Å². The van der Waals surface area contributed by atoms with Crippen LogP contribution < -0.4 is 10.6 Å². The molecule has 0 radical (unpaired) electrons. The molecule has 0 unspecified atom stereocenters. The highest BCUT2D eigenvalue weighted by atomic mass is 32.1. The fraction of sp³-hybridized carbons (Fsp3) is 0.471. The topological polar surface area (TPSA) is 37.0 Å². The second-order valence-electron chi connectivity index (χ2n) is 5.85. The molecule has 3 nitrogen and oxygen atoms in total. The average Bonchev–Trinajstić information content (AvgIpc) is 2.95. The number of hydrogen-bond acceptors (Lipinski definition) is 4. The zero-order chi connectivity index (χ0) is 14.5. The van der Waals surface area contributed by atoms with Crippen molar-refractivity contribution in [1.82, 2.24) is 15.6 Å². The van der Waals surface area contributed by atoms with E-state index in [9.17, 15) is 0 Å². The maximum Gasteiger partial charge on any atom is 0.0897 e. The van der Waals surface area contributed by atoms with Crippen molar-refractivity contribution in [3.05, 3.63) is 52.0 Å². The van der Waals surface area contributed by atoms with Gasteiger partial charge in [-0.25, -0.2) is 4.98 Å². The first kappa shape index (κ1) is 14.7. The molecular formula is C17H23N3S. The van der Waals surface area contributed by atoms with Gasteiger partial charge in [-0.3, -0.25) is 0 Å². The lowest BCUT2D eigenvalue weighted by Crippen LogP contribution is -2.46. The van der Waals surface area contributed by atoms with E-state index in [4.69, 9.17) is 0 Å². The molecule has 1 aromatic carbocycles. The van der Waals surface area contributed by atoms with Crippen LogP contribution in [0, 0.1) is 6.92 Å². The van der Waals surface area contributed by atoms with E-state index in [1.807, 2.05) is 6.20 Å². The number of rotatable bonds is 5. The lowest BCUT2D eigenvalue weighted by molar-refractivity contribution is 0.293. The van der Waals surface area contributed by atoms with Gasteiger partial charge in [-0.15, -0.1) is 11.3 Å². The molecule has 112 valence electrons. The van der Waals surface area contributed by atoms with Crippen LogP contribution in [-0.2, 0) is 12.0 Å². The fourth-order valence-corrected chi connectivity index (χ4v) is 3.94. The van der Waals surface area contributed by atoms with Crippen LogP contribution in [-0.4, -0.2) is 24.6 Å². The molecule has 0 bridgehead atoms. The molecule has 2 aromatic rings. The number of piperidine rings is 1. The Labute approximate surface area is 130 Å². The Kier molecular flexibility index (Phi) is 4.68. The second-order valence-corrected chi connectivity index (χ2v) is 7.16. The number of aromatic nitrogens is 1. The Hall–Kier alpha value is -1.23. The Morgan fingerprint density at radius 1 is 1.24 bits per heavy atom. The maximum atomic E-state index is 4.33. The number of thiazole rings is 1. The molecule has 1 fully saturated rings. The zero-order valence-electron chi connectivity index (χ0n) is 12.6. The molecule has 21 heavy (non-hydrogen) atoms. The minimum Gasteiger partial charge on any atom is -0.317 e. The number of hydrogen-bond donors (Lipinski definition) is 2. The number of nitrogens with zero attached hydrogens (tertiary/aromatic N) is 1. The smallest absolute Gasteiger partial charge is 0.0897 e. The van der Waals surface area contributed by atoms with E-state index in [1.54, 1.807) is 11.3 Å². The highest BCUT2D eigenvalue weighted by Gasteiger charge is 2.33. The van der Waals surface area contributed by atoms with Gasteiger partial charge in [-0.05, 0) is 38.4 Å². The van der Waals surface area contributed by atoms with Crippen LogP contribution in [0.5, 0.6) is 0 Å². The predicted octanol–water partition coefficient (Wildman–Crippen LogP) is 2.86. The quantitative estimate of drug-likeness (QED) is 0.891. The van der Waals surface area contributed by atoms with Gasteiger partial charge in [0.25, 0.3) is 0 Å². The molecule has 0 saturated carbocycles. The molecule has 0 spiro atoms. The molecule has 2 heterocycles. The number of benzene rings is 1. The van der Waals surface area contributed by atoms with Crippen LogP contribution in [0.4, 0.5) is 0 Å². The molecule has 1 aromatic heterocycles. The Bertz CT molecular complexity index is 558. The predicted molar refractivity (Wildman–Crippen MR) is 88.8 cm³/mol. The van der Waals surface area contributed by atoms with Gasteiger partial charge in [0.2, 0.25) is 0 Å². The third kappa shape index (κ3) is 3.51. The van der Waals surface area contributed by atoms with Crippen molar-refractivity contribution >= 4 is 11.3 Å². The average molecular weight is 301 g/mol. The molecule has 0 amide bonds. The van der Waals surface area contributed by atoms with Crippen molar-refractivity contribution in [3.8, 4) is 0 Å². The first-order valence-electron chi connectivity index (χ1n) is 7.67. The summed E-state index contributed by atoms with van der Waals surface area (Å²) in [7, 11) is 0. The molecule has 2 N–H and O–H groups in total. The first-order chi connectivity index (χ1) is 10.3. The van der Waals surface area contributed by atoms with E-state index < -0.39 is 0 Å². The SMILES string of the molecule is Cc1ncc(CNCC2(c3ccccc3)CCNCC2)s1. The molecule has 0 aliphatic carbocycles. The van der Waals surface area contributed by atoms with Gasteiger partial charge >= 0.3 is 0 Å². The summed E-state index contributed by atoms with van der Waals surface area (Å²) in [5.74, 6) is 0. The monoisotopic (exact) mass is 301 g/mol. The third-order valence-electron chi connectivity index (χ3n) is 4.38. The summed E-state index contributed by atoms with van der Waals surface area (Å²) in [5, 5.41) is 8.30. The van der Waals surface area contributed by atoms with E-state index in [0.29, 0.717) is 0 Å². The zero-order valence-corrected chi connectivity index (χ0v) is 13.4. The molecule has 0 atom stereocenters. The summed E-state index contributed by atoms with van der Waals surface area (Å²) in [6, 6.07) is 11.0. The maximum absolute atomic E-state index is 4.33. The van der Waals surface area contributed by atoms with Crippen molar-refractivity contribution < 1.29 is 0 Å². The third-order valence-corrected chi connectivity index (χ3v) is 5.29. The summed E-state index contributed by atoms with van der Waals surface area (Å²) in [6.45, 7) is 6.24. The van der Waals surface area contributed by atoms with Crippen LogP contribution >= 0.6 is 11.3 Å². The fourth-order valence-electron chi connectivity index (χ4n) is 3.18. The Morgan fingerprint density at radius 2 is 2.00 bits per heavy atom. The van der Waals surface area contributed by atoms with Crippen LogP contribution in [0.3, 0.4) is 0 Å². The highest BCUT2D eigenvalue weighted by Crippen LogP contribution is 2.32. The minimum atomic E-state index is 0.270. The largest absolute Gasteiger partial charge is 0.317 e. The van der Waals surface area contributed by atoms with Gasteiger partial charge in [0.15, 0.2) is 0 Å². The molecule has 1 saturated heterocycles. The molecule has 1 aliphatic heterocycles. The summed E-state index contributed by atoms with van der Waals surface area (Å²) in [6.07, 6.45) is 4.39. The van der Waals surface area contributed by atoms with Crippen LogP contribution in [0.25, 0.3) is 0 Å². The van der Waals surface area contributed by atoms with E-state index >= 15 is 0 Å². The number of nitrogens with one attached hydrogen (secondary N) is 2. The van der Waals surface area contributed by atoms with Crippen LogP contribution in [0.2, 0.25) is 0 Å². The van der Waals surface area contributed by atoms with Gasteiger partial charge in [-0.1, -0.05) is 30.3 Å². The summed E-state index contributed by atoms with van der Waals surface area (Å²) in [4.78, 5) is 5.65. The lowest BCUT2D eigenvalue weighted by atomic mass is 9.73. The van der Waals surface area contributed by atoms with Crippen molar-refractivity contribution in [2.45, 2.75) is 31.7 Å². The van der Waals surface area contributed by atoms with E-state index in [1.165, 1.54) is 23.3 Å². The molecule has 4 heteroatoms. The lowest BCUT2D eigenvalue weighted by Gasteiger charge is -2.38. The second kappa shape index (κ2) is 6.69. The van der Waals surface area contributed by atoms with E-state index in [-0.39, 0.29) is 5.41 Å². The van der Waals surface area contributed by atoms with E-state index in [2.05, 4.69) is 52.9 Å². The van der Waals surface area contributed by atoms with Gasteiger partial charge in [0, 0.05) is 29.6 Å². The number of aryl methyl sites for hydroxylation is 1. The van der Waals surface area contributed by atoms with Gasteiger partial charge in [-0.2, -0.15) is 0 Å². The van der Waals surface area contributed by atoms with Gasteiger partial charge in [0.1, 0.15) is 0 Å². The van der Waals surface area contributed by atoms with Crippen molar-refractivity contribution in [3.63, 3.8) is 0 Å².